The second kappa shape index (κ2) is 7.73. The lowest BCUT2D eigenvalue weighted by Gasteiger charge is -2.21. The van der Waals surface area contributed by atoms with Crippen molar-refractivity contribution in [1.29, 1.82) is 0 Å². The van der Waals surface area contributed by atoms with Gasteiger partial charge < -0.3 is 15.2 Å². The summed E-state index contributed by atoms with van der Waals surface area (Å²) in [5.74, 6) is 0. The first kappa shape index (κ1) is 17.7. The van der Waals surface area contributed by atoms with Crippen LogP contribution in [0.5, 0.6) is 0 Å². The third-order valence-corrected chi connectivity index (χ3v) is 4.61. The van der Waals surface area contributed by atoms with Crippen LogP contribution in [0.15, 0.2) is 18.2 Å². The second-order valence-corrected chi connectivity index (χ2v) is 6.23. The van der Waals surface area contributed by atoms with Crippen LogP contribution in [0.25, 0.3) is 10.9 Å². The lowest BCUT2D eigenvalue weighted by Crippen LogP contribution is -2.41. The second-order valence-electron chi connectivity index (χ2n) is 5.83. The van der Waals surface area contributed by atoms with Gasteiger partial charge in [0.05, 0.1) is 6.54 Å². The zero-order chi connectivity index (χ0) is 17.0. The van der Waals surface area contributed by atoms with Gasteiger partial charge in [-0.1, -0.05) is 25.4 Å². The van der Waals surface area contributed by atoms with E-state index in [0.29, 0.717) is 12.6 Å². The van der Waals surface area contributed by atoms with Crippen LogP contribution >= 0.6 is 11.6 Å². The number of hydrogen-bond acceptors (Lipinski definition) is 1. The summed E-state index contributed by atoms with van der Waals surface area (Å²) < 4.78 is 0. The highest BCUT2D eigenvalue weighted by molar-refractivity contribution is 6.32. The van der Waals surface area contributed by atoms with Gasteiger partial charge >= 0.3 is 6.03 Å². The summed E-state index contributed by atoms with van der Waals surface area (Å²) in [6.07, 6.45) is 2.19. The van der Waals surface area contributed by atoms with E-state index in [9.17, 15) is 4.79 Å². The zero-order valence-corrected chi connectivity index (χ0v) is 15.1. The van der Waals surface area contributed by atoms with Crippen LogP contribution in [0.3, 0.4) is 0 Å². The minimum Gasteiger partial charge on any atom is -0.357 e. The number of hydrogen-bond donors (Lipinski definition) is 2. The number of urea groups is 1. The molecule has 1 fully saturated rings. The van der Waals surface area contributed by atoms with E-state index in [1.54, 1.807) is 0 Å². The SMILES string of the molecule is CC.Cc1cc2[nH]c(CNC(=O)N3CCCC3C)cc2cc1Cl. The van der Waals surface area contributed by atoms with Crippen molar-refractivity contribution < 1.29 is 4.79 Å². The average molecular weight is 336 g/mol. The fourth-order valence-electron chi connectivity index (χ4n) is 2.92. The van der Waals surface area contributed by atoms with Crippen molar-refractivity contribution in [2.45, 2.75) is 53.1 Å². The smallest absolute Gasteiger partial charge is 0.317 e. The molecule has 126 valence electrons. The van der Waals surface area contributed by atoms with E-state index in [4.69, 9.17) is 11.6 Å². The molecule has 1 saturated heterocycles. The van der Waals surface area contributed by atoms with Gasteiger partial charge in [-0.15, -0.1) is 0 Å². The zero-order valence-electron chi connectivity index (χ0n) is 14.4. The average Bonchev–Trinajstić information content (AvgIpc) is 3.13. The topological polar surface area (TPSA) is 48.1 Å². The summed E-state index contributed by atoms with van der Waals surface area (Å²) in [5, 5.41) is 4.82. The molecular weight excluding hydrogens is 310 g/mol. The number of amides is 2. The Morgan fingerprint density at radius 3 is 2.78 bits per heavy atom. The van der Waals surface area contributed by atoms with Crippen molar-refractivity contribution in [2.24, 2.45) is 0 Å². The molecule has 3 rings (SSSR count). The third-order valence-electron chi connectivity index (χ3n) is 4.20. The van der Waals surface area contributed by atoms with Crippen LogP contribution in [-0.2, 0) is 6.54 Å². The quantitative estimate of drug-likeness (QED) is 0.809. The van der Waals surface area contributed by atoms with Gasteiger partial charge in [0.25, 0.3) is 0 Å². The minimum absolute atomic E-state index is 0.0212. The molecule has 0 aliphatic carbocycles. The first-order valence-electron chi connectivity index (χ1n) is 8.37. The number of benzene rings is 1. The van der Waals surface area contributed by atoms with Crippen LogP contribution in [0.4, 0.5) is 4.79 Å². The van der Waals surface area contributed by atoms with Crippen LogP contribution in [-0.4, -0.2) is 28.5 Å². The summed E-state index contributed by atoms with van der Waals surface area (Å²) in [5.41, 5.74) is 3.09. The molecule has 0 saturated carbocycles. The summed E-state index contributed by atoms with van der Waals surface area (Å²) >= 11 is 6.14. The predicted molar refractivity (Wildman–Crippen MR) is 97.0 cm³/mol. The Morgan fingerprint density at radius 2 is 2.13 bits per heavy atom. The monoisotopic (exact) mass is 335 g/mol. The summed E-state index contributed by atoms with van der Waals surface area (Å²) in [6.45, 7) is 9.45. The van der Waals surface area contributed by atoms with Gasteiger partial charge in [-0.25, -0.2) is 4.79 Å². The Morgan fingerprint density at radius 1 is 1.39 bits per heavy atom. The molecule has 0 spiro atoms. The first-order chi connectivity index (χ1) is 11.0. The van der Waals surface area contributed by atoms with E-state index in [1.807, 2.05) is 43.9 Å². The first-order valence-corrected chi connectivity index (χ1v) is 8.74. The number of halogens is 1. The maximum Gasteiger partial charge on any atom is 0.317 e. The van der Waals surface area contributed by atoms with Gasteiger partial charge in [0, 0.05) is 34.2 Å². The Bertz CT molecular complexity index is 641. The van der Waals surface area contributed by atoms with E-state index in [2.05, 4.69) is 17.2 Å². The lowest BCUT2D eigenvalue weighted by atomic mass is 10.2. The fraction of sp³-hybridized carbons (Fsp3) is 0.500. The maximum atomic E-state index is 12.1. The Hall–Kier alpha value is -1.68. The number of aryl methyl sites for hydroxylation is 1. The molecule has 4 nitrogen and oxygen atoms in total. The molecule has 1 aliphatic heterocycles. The number of aromatic amines is 1. The molecule has 2 N–H and O–H groups in total. The van der Waals surface area contributed by atoms with Crippen molar-refractivity contribution in [1.82, 2.24) is 15.2 Å². The Labute approximate surface area is 143 Å². The minimum atomic E-state index is 0.0212. The molecule has 0 radical (unpaired) electrons. The molecule has 1 aliphatic rings. The van der Waals surface area contributed by atoms with Gasteiger partial charge in [0.15, 0.2) is 0 Å². The van der Waals surface area contributed by atoms with Gasteiger partial charge in [-0.05, 0) is 50.5 Å². The van der Waals surface area contributed by atoms with E-state index < -0.39 is 0 Å². The molecule has 2 heterocycles. The van der Waals surface area contributed by atoms with Crippen molar-refractivity contribution in [3.8, 4) is 0 Å². The lowest BCUT2D eigenvalue weighted by molar-refractivity contribution is 0.195. The molecular formula is C18H26ClN3O. The van der Waals surface area contributed by atoms with Gasteiger partial charge in [0.2, 0.25) is 0 Å². The highest BCUT2D eigenvalue weighted by atomic mass is 35.5. The maximum absolute atomic E-state index is 12.1. The standard InChI is InChI=1S/C16H20ClN3O.C2H6/c1-10-6-15-12(8-14(10)17)7-13(19-15)9-18-16(21)20-5-3-4-11(20)2;1-2/h6-8,11,19H,3-5,9H2,1-2H3,(H,18,21);1-2H3. The fourth-order valence-corrected chi connectivity index (χ4v) is 3.10. The molecule has 1 aromatic heterocycles. The van der Waals surface area contributed by atoms with E-state index in [-0.39, 0.29) is 6.03 Å². The molecule has 1 unspecified atom stereocenters. The van der Waals surface area contributed by atoms with E-state index in [1.165, 1.54) is 0 Å². The number of H-pyrrole nitrogens is 1. The summed E-state index contributed by atoms with van der Waals surface area (Å²) in [6, 6.07) is 6.39. The molecule has 1 aromatic carbocycles. The van der Waals surface area contributed by atoms with Crippen LogP contribution in [0.1, 0.15) is 44.9 Å². The third kappa shape index (κ3) is 3.99. The Kier molecular flexibility index (Phi) is 5.94. The molecule has 23 heavy (non-hydrogen) atoms. The Balaban J connectivity index is 0.000000924. The van der Waals surface area contributed by atoms with Gasteiger partial charge in [-0.2, -0.15) is 0 Å². The highest BCUT2D eigenvalue weighted by Gasteiger charge is 2.24. The molecule has 2 aromatic rings. The molecule has 2 amide bonds. The normalized spacial score (nSPS) is 17.1. The molecule has 0 bridgehead atoms. The van der Waals surface area contributed by atoms with Crippen molar-refractivity contribution in [3.63, 3.8) is 0 Å². The van der Waals surface area contributed by atoms with E-state index >= 15 is 0 Å². The number of nitrogens with zero attached hydrogens (tertiary/aromatic N) is 1. The number of nitrogens with one attached hydrogen (secondary N) is 2. The molecule has 1 atom stereocenters. The number of fused-ring (bicyclic) bond motifs is 1. The van der Waals surface area contributed by atoms with Crippen LogP contribution in [0, 0.1) is 6.92 Å². The van der Waals surface area contributed by atoms with E-state index in [0.717, 1.165) is 46.6 Å². The van der Waals surface area contributed by atoms with Crippen molar-refractivity contribution in [2.75, 3.05) is 6.54 Å². The molecule has 5 heteroatoms. The number of rotatable bonds is 2. The van der Waals surface area contributed by atoms with Crippen LogP contribution < -0.4 is 5.32 Å². The van der Waals surface area contributed by atoms with Crippen molar-refractivity contribution in [3.05, 3.63) is 34.5 Å². The number of aromatic nitrogens is 1. The number of carbonyl (C=O) groups excluding carboxylic acids is 1. The van der Waals surface area contributed by atoms with Gasteiger partial charge in [0.1, 0.15) is 0 Å². The van der Waals surface area contributed by atoms with Gasteiger partial charge in [-0.3, -0.25) is 0 Å². The predicted octanol–water partition coefficient (Wildman–Crippen LogP) is 4.85. The largest absolute Gasteiger partial charge is 0.357 e. The van der Waals surface area contributed by atoms with Crippen LogP contribution in [0.2, 0.25) is 5.02 Å². The summed E-state index contributed by atoms with van der Waals surface area (Å²) in [7, 11) is 0. The van der Waals surface area contributed by atoms with Crippen molar-refractivity contribution >= 4 is 28.5 Å². The summed E-state index contributed by atoms with van der Waals surface area (Å²) in [4.78, 5) is 17.4. The number of carbonyl (C=O) groups is 1. The highest BCUT2D eigenvalue weighted by Crippen LogP contribution is 2.24. The number of likely N-dealkylation sites (tertiary alicyclic amines) is 1.